The Morgan fingerprint density at radius 1 is 1.22 bits per heavy atom. The van der Waals surface area contributed by atoms with Crippen LogP contribution >= 0.6 is 24.0 Å². The van der Waals surface area contributed by atoms with Crippen molar-refractivity contribution in [3.8, 4) is 5.75 Å². The monoisotopic (exact) mass is 484 g/mol. The standard InChI is InChI=1S/C19H24N4O3.HI/c1-4-20-19(21-13-15-9-11-17(12-10-15)23(24)25)22(2)14-16-7-5-6-8-18(16)26-3;/h5-12H,4,13-14H2,1-3H3,(H,20,21);1H. The van der Waals surface area contributed by atoms with Gasteiger partial charge in [0.2, 0.25) is 0 Å². The fourth-order valence-electron chi connectivity index (χ4n) is 2.52. The van der Waals surface area contributed by atoms with Gasteiger partial charge >= 0.3 is 0 Å². The van der Waals surface area contributed by atoms with E-state index >= 15 is 0 Å². The van der Waals surface area contributed by atoms with Crippen LogP contribution in [0.4, 0.5) is 5.69 Å². The number of non-ortho nitro benzene ring substituents is 1. The summed E-state index contributed by atoms with van der Waals surface area (Å²) >= 11 is 0. The Morgan fingerprint density at radius 2 is 1.89 bits per heavy atom. The predicted molar refractivity (Wildman–Crippen MR) is 118 cm³/mol. The lowest BCUT2D eigenvalue weighted by atomic mass is 10.2. The molecule has 0 aliphatic heterocycles. The van der Waals surface area contributed by atoms with Gasteiger partial charge in [-0.15, -0.1) is 24.0 Å². The van der Waals surface area contributed by atoms with Crippen molar-refractivity contribution in [2.24, 2.45) is 4.99 Å². The lowest BCUT2D eigenvalue weighted by Gasteiger charge is -2.23. The van der Waals surface area contributed by atoms with Gasteiger partial charge in [-0.3, -0.25) is 10.1 Å². The molecule has 0 saturated heterocycles. The van der Waals surface area contributed by atoms with Crippen LogP contribution in [0.25, 0.3) is 0 Å². The van der Waals surface area contributed by atoms with Crippen molar-refractivity contribution >= 4 is 35.6 Å². The van der Waals surface area contributed by atoms with Crippen molar-refractivity contribution in [1.82, 2.24) is 10.2 Å². The number of rotatable bonds is 7. The maximum absolute atomic E-state index is 10.7. The van der Waals surface area contributed by atoms with Gasteiger partial charge in [0.05, 0.1) is 18.6 Å². The zero-order valence-corrected chi connectivity index (χ0v) is 18.0. The number of nitrogens with zero attached hydrogens (tertiary/aromatic N) is 3. The molecule has 0 unspecified atom stereocenters. The SMILES string of the molecule is CCNC(=NCc1ccc([N+](=O)[O-])cc1)N(C)Cc1ccccc1OC.I. The summed E-state index contributed by atoms with van der Waals surface area (Å²) in [7, 11) is 3.62. The van der Waals surface area contributed by atoms with E-state index < -0.39 is 4.92 Å². The molecule has 0 amide bonds. The number of hydrogen-bond acceptors (Lipinski definition) is 4. The van der Waals surface area contributed by atoms with Gasteiger partial charge in [-0.2, -0.15) is 0 Å². The Morgan fingerprint density at radius 3 is 2.48 bits per heavy atom. The van der Waals surface area contributed by atoms with Crippen LogP contribution in [-0.2, 0) is 13.1 Å². The number of benzene rings is 2. The second-order valence-corrected chi connectivity index (χ2v) is 5.76. The van der Waals surface area contributed by atoms with Crippen LogP contribution in [0, 0.1) is 10.1 Å². The number of nitro benzene ring substituents is 1. The topological polar surface area (TPSA) is 80.0 Å². The molecule has 0 saturated carbocycles. The molecule has 27 heavy (non-hydrogen) atoms. The summed E-state index contributed by atoms with van der Waals surface area (Å²) in [5, 5.41) is 14.0. The molecule has 0 radical (unpaired) electrons. The summed E-state index contributed by atoms with van der Waals surface area (Å²) in [6.07, 6.45) is 0. The molecule has 0 fully saturated rings. The molecule has 2 rings (SSSR count). The van der Waals surface area contributed by atoms with E-state index in [1.54, 1.807) is 19.2 Å². The molecule has 0 heterocycles. The van der Waals surface area contributed by atoms with Crippen LogP contribution in [0.1, 0.15) is 18.1 Å². The molecule has 8 heteroatoms. The van der Waals surface area contributed by atoms with Gasteiger partial charge < -0.3 is 15.0 Å². The number of halogens is 1. The van der Waals surface area contributed by atoms with Crippen LogP contribution in [0.3, 0.4) is 0 Å². The van der Waals surface area contributed by atoms with Gasteiger partial charge in [0, 0.05) is 37.8 Å². The predicted octanol–water partition coefficient (Wildman–Crippen LogP) is 3.82. The van der Waals surface area contributed by atoms with E-state index in [2.05, 4.69) is 10.3 Å². The number of para-hydroxylation sites is 1. The molecule has 7 nitrogen and oxygen atoms in total. The van der Waals surface area contributed by atoms with Crippen molar-refractivity contribution in [3.05, 3.63) is 69.8 Å². The van der Waals surface area contributed by atoms with E-state index in [1.165, 1.54) is 12.1 Å². The van der Waals surface area contributed by atoms with Crippen molar-refractivity contribution in [2.75, 3.05) is 20.7 Å². The Kier molecular flexibility index (Phi) is 9.55. The Labute approximate surface area is 176 Å². The smallest absolute Gasteiger partial charge is 0.269 e. The molecular weight excluding hydrogens is 459 g/mol. The maximum atomic E-state index is 10.7. The third kappa shape index (κ3) is 6.70. The van der Waals surface area contributed by atoms with Gasteiger partial charge in [0.1, 0.15) is 5.75 Å². The van der Waals surface area contributed by atoms with E-state index in [0.29, 0.717) is 13.1 Å². The Balaban J connectivity index is 0.00000364. The van der Waals surface area contributed by atoms with E-state index in [1.807, 2.05) is 43.1 Å². The van der Waals surface area contributed by atoms with Crippen molar-refractivity contribution in [1.29, 1.82) is 0 Å². The largest absolute Gasteiger partial charge is 0.496 e. The third-order valence-electron chi connectivity index (χ3n) is 3.86. The fourth-order valence-corrected chi connectivity index (χ4v) is 2.52. The lowest BCUT2D eigenvalue weighted by molar-refractivity contribution is -0.384. The fraction of sp³-hybridized carbons (Fsp3) is 0.316. The quantitative estimate of drug-likeness (QED) is 0.213. The highest BCUT2D eigenvalue weighted by molar-refractivity contribution is 14.0. The zero-order chi connectivity index (χ0) is 18.9. The summed E-state index contributed by atoms with van der Waals surface area (Å²) in [4.78, 5) is 17.0. The van der Waals surface area contributed by atoms with Crippen LogP contribution in [0.5, 0.6) is 5.75 Å². The van der Waals surface area contributed by atoms with Crippen molar-refractivity contribution in [3.63, 3.8) is 0 Å². The van der Waals surface area contributed by atoms with E-state index in [-0.39, 0.29) is 29.7 Å². The molecule has 0 spiro atoms. The van der Waals surface area contributed by atoms with Crippen LogP contribution in [0.15, 0.2) is 53.5 Å². The highest BCUT2D eigenvalue weighted by atomic mass is 127. The first-order valence-corrected chi connectivity index (χ1v) is 8.39. The second kappa shape index (κ2) is 11.4. The summed E-state index contributed by atoms with van der Waals surface area (Å²) < 4.78 is 5.40. The first-order valence-electron chi connectivity index (χ1n) is 8.39. The number of guanidine groups is 1. The molecule has 0 bridgehead atoms. The zero-order valence-electron chi connectivity index (χ0n) is 15.7. The molecule has 0 aliphatic rings. The highest BCUT2D eigenvalue weighted by Gasteiger charge is 2.10. The number of aliphatic imine (C=N–C) groups is 1. The molecule has 0 aromatic heterocycles. The Hall–Kier alpha value is -2.36. The molecule has 2 aromatic carbocycles. The third-order valence-corrected chi connectivity index (χ3v) is 3.86. The molecule has 146 valence electrons. The first-order chi connectivity index (χ1) is 12.5. The van der Waals surface area contributed by atoms with Crippen LogP contribution < -0.4 is 10.1 Å². The Bertz CT molecular complexity index is 766. The van der Waals surface area contributed by atoms with Crippen molar-refractivity contribution in [2.45, 2.75) is 20.0 Å². The van der Waals surface area contributed by atoms with Gasteiger partial charge in [0.25, 0.3) is 5.69 Å². The lowest BCUT2D eigenvalue weighted by Crippen LogP contribution is -2.38. The summed E-state index contributed by atoms with van der Waals surface area (Å²) in [6.45, 7) is 3.85. The number of hydrogen-bond donors (Lipinski definition) is 1. The average Bonchev–Trinajstić information content (AvgIpc) is 2.65. The normalized spacial score (nSPS) is 10.7. The van der Waals surface area contributed by atoms with Crippen LogP contribution in [-0.4, -0.2) is 36.5 Å². The number of methoxy groups -OCH3 is 1. The van der Waals surface area contributed by atoms with Gasteiger partial charge in [0.15, 0.2) is 5.96 Å². The second-order valence-electron chi connectivity index (χ2n) is 5.76. The molecular formula is C19H25IN4O3. The van der Waals surface area contributed by atoms with E-state index in [4.69, 9.17) is 4.74 Å². The van der Waals surface area contributed by atoms with Gasteiger partial charge in [-0.25, -0.2) is 4.99 Å². The minimum Gasteiger partial charge on any atom is -0.496 e. The first kappa shape index (κ1) is 22.7. The minimum atomic E-state index is -0.405. The number of ether oxygens (including phenoxy) is 1. The maximum Gasteiger partial charge on any atom is 0.269 e. The van der Waals surface area contributed by atoms with Crippen molar-refractivity contribution < 1.29 is 9.66 Å². The number of nitrogens with one attached hydrogen (secondary N) is 1. The van der Waals surface area contributed by atoms with Gasteiger partial charge in [-0.1, -0.05) is 30.3 Å². The minimum absolute atomic E-state index is 0. The van der Waals surface area contributed by atoms with Gasteiger partial charge in [-0.05, 0) is 18.6 Å². The van der Waals surface area contributed by atoms with E-state index in [9.17, 15) is 10.1 Å². The summed E-state index contributed by atoms with van der Waals surface area (Å²) in [5.74, 6) is 1.60. The summed E-state index contributed by atoms with van der Waals surface area (Å²) in [5.41, 5.74) is 2.06. The molecule has 1 N–H and O–H groups in total. The highest BCUT2D eigenvalue weighted by Crippen LogP contribution is 2.19. The number of nitro groups is 1. The molecule has 0 atom stereocenters. The molecule has 2 aromatic rings. The average molecular weight is 484 g/mol. The molecule has 0 aliphatic carbocycles. The van der Waals surface area contributed by atoms with Crippen LogP contribution in [0.2, 0.25) is 0 Å². The summed E-state index contributed by atoms with van der Waals surface area (Å²) in [6, 6.07) is 14.3. The van der Waals surface area contributed by atoms with E-state index in [0.717, 1.165) is 29.4 Å².